The predicted molar refractivity (Wildman–Crippen MR) is 99.8 cm³/mol. The summed E-state index contributed by atoms with van der Waals surface area (Å²) in [5.41, 5.74) is 2.26. The summed E-state index contributed by atoms with van der Waals surface area (Å²) in [6.45, 7) is 4.63. The average Bonchev–Trinajstić information content (AvgIpc) is 2.68. The Morgan fingerprint density at radius 2 is 1.89 bits per heavy atom. The highest BCUT2D eigenvalue weighted by molar-refractivity contribution is 5.94. The minimum Gasteiger partial charge on any atom is -0.435 e. The molecule has 0 unspecified atom stereocenters. The molecule has 3 rings (SSSR count). The summed E-state index contributed by atoms with van der Waals surface area (Å²) in [7, 11) is 0. The van der Waals surface area contributed by atoms with Crippen LogP contribution >= 0.6 is 0 Å². The van der Waals surface area contributed by atoms with E-state index in [-0.39, 0.29) is 11.7 Å². The lowest BCUT2D eigenvalue weighted by Gasteiger charge is -2.33. The Hall–Kier alpha value is -2.93. The summed E-state index contributed by atoms with van der Waals surface area (Å²) >= 11 is 0. The lowest BCUT2D eigenvalue weighted by molar-refractivity contribution is -0.122. The van der Waals surface area contributed by atoms with Crippen molar-refractivity contribution >= 4 is 12.0 Å². The molecule has 2 aliphatic heterocycles. The monoisotopic (exact) mass is 373 g/mol. The Labute approximate surface area is 156 Å². The molecule has 1 N–H and O–H groups in total. The van der Waals surface area contributed by atoms with E-state index in [0.717, 1.165) is 31.9 Å². The van der Waals surface area contributed by atoms with Gasteiger partial charge in [-0.1, -0.05) is 18.7 Å². The van der Waals surface area contributed by atoms with Gasteiger partial charge in [0.2, 0.25) is 0 Å². The maximum atomic E-state index is 12.6. The van der Waals surface area contributed by atoms with Gasteiger partial charge in [0.25, 0.3) is 5.91 Å². The van der Waals surface area contributed by atoms with Crippen LogP contribution in [0, 0.1) is 0 Å². The zero-order valence-corrected chi connectivity index (χ0v) is 14.8. The second-order valence-corrected chi connectivity index (χ2v) is 6.10. The fourth-order valence-corrected chi connectivity index (χ4v) is 2.84. The van der Waals surface area contributed by atoms with E-state index < -0.39 is 6.61 Å². The lowest BCUT2D eigenvalue weighted by atomic mass is 10.2. The van der Waals surface area contributed by atoms with Crippen LogP contribution in [0.1, 0.15) is 5.56 Å². The average molecular weight is 373 g/mol. The zero-order chi connectivity index (χ0) is 19.2. The number of carbonyl (C=O) groups is 1. The Morgan fingerprint density at radius 3 is 2.56 bits per heavy atom. The van der Waals surface area contributed by atoms with E-state index in [1.807, 2.05) is 12.2 Å². The Morgan fingerprint density at radius 1 is 1.19 bits per heavy atom. The number of benzene rings is 1. The number of amides is 1. The van der Waals surface area contributed by atoms with Gasteiger partial charge in [0.1, 0.15) is 5.75 Å². The first-order valence-corrected chi connectivity index (χ1v) is 8.63. The van der Waals surface area contributed by atoms with E-state index in [1.165, 1.54) is 23.1 Å². The second-order valence-electron chi connectivity index (χ2n) is 6.10. The lowest BCUT2D eigenvalue weighted by Crippen LogP contribution is -2.43. The largest absolute Gasteiger partial charge is 0.435 e. The van der Waals surface area contributed by atoms with Crippen LogP contribution in [-0.4, -0.2) is 48.5 Å². The summed E-state index contributed by atoms with van der Waals surface area (Å²) in [6, 6.07) is 6.07. The molecule has 0 aliphatic carbocycles. The second kappa shape index (κ2) is 8.64. The number of alkyl halides is 2. The summed E-state index contributed by atoms with van der Waals surface area (Å²) in [5, 5.41) is 3.30. The summed E-state index contributed by atoms with van der Waals surface area (Å²) < 4.78 is 28.6. The molecule has 142 valence electrons. The molecule has 2 aliphatic rings. The van der Waals surface area contributed by atoms with Crippen molar-refractivity contribution in [2.45, 2.75) is 6.61 Å². The Balaban J connectivity index is 1.66. The molecule has 0 radical (unpaired) electrons. The third-order valence-corrected chi connectivity index (χ3v) is 4.26. The number of ether oxygens (including phenoxy) is 1. The maximum absolute atomic E-state index is 12.6. The van der Waals surface area contributed by atoms with Crippen molar-refractivity contribution in [1.29, 1.82) is 0 Å². The number of hydrogen-bond donors (Lipinski definition) is 1. The number of halogens is 2. The number of rotatable bonds is 5. The molecular formula is C20H21F2N3O2. The fraction of sp³-hybridized carbons (Fsp3) is 0.250. The standard InChI is InChI=1S/C20H21F2N3O2/c1-15-2-6-17(24-12-10-23-11-13-24)14-25(15)19(26)9-5-16-3-7-18(8-4-16)27-20(21)22/h2-9,14,20,23H,1,10-13H2/b9-5+. The first-order valence-electron chi connectivity index (χ1n) is 8.63. The fourth-order valence-electron chi connectivity index (χ4n) is 2.84. The first-order chi connectivity index (χ1) is 13.0. The Bertz CT molecular complexity index is 779. The van der Waals surface area contributed by atoms with Crippen molar-refractivity contribution in [3.63, 3.8) is 0 Å². The van der Waals surface area contributed by atoms with Gasteiger partial charge < -0.3 is 15.0 Å². The van der Waals surface area contributed by atoms with Gasteiger partial charge in [0.15, 0.2) is 0 Å². The topological polar surface area (TPSA) is 44.8 Å². The van der Waals surface area contributed by atoms with Crippen LogP contribution in [0.25, 0.3) is 6.08 Å². The molecule has 0 atom stereocenters. The van der Waals surface area contributed by atoms with E-state index in [1.54, 1.807) is 24.4 Å². The SMILES string of the molecule is C=C1C=CC(N2CCNCC2)=CN1C(=O)/C=C/c1ccc(OC(F)F)cc1. The van der Waals surface area contributed by atoms with E-state index in [2.05, 4.69) is 21.5 Å². The van der Waals surface area contributed by atoms with Crippen molar-refractivity contribution in [3.8, 4) is 5.75 Å². The number of piperazine rings is 1. The number of nitrogens with zero attached hydrogens (tertiary/aromatic N) is 2. The van der Waals surface area contributed by atoms with Crippen LogP contribution in [0.4, 0.5) is 8.78 Å². The molecule has 1 saturated heterocycles. The summed E-state index contributed by atoms with van der Waals surface area (Å²) in [4.78, 5) is 16.3. The van der Waals surface area contributed by atoms with Gasteiger partial charge >= 0.3 is 6.61 Å². The predicted octanol–water partition coefficient (Wildman–Crippen LogP) is 2.96. The maximum Gasteiger partial charge on any atom is 0.387 e. The number of hydrogen-bond acceptors (Lipinski definition) is 4. The van der Waals surface area contributed by atoms with E-state index in [4.69, 9.17) is 0 Å². The molecule has 0 saturated carbocycles. The third-order valence-electron chi connectivity index (χ3n) is 4.26. The van der Waals surface area contributed by atoms with Crippen molar-refractivity contribution in [3.05, 3.63) is 72.2 Å². The van der Waals surface area contributed by atoms with Crippen molar-refractivity contribution in [1.82, 2.24) is 15.1 Å². The van der Waals surface area contributed by atoms with Crippen molar-refractivity contribution in [2.75, 3.05) is 26.2 Å². The van der Waals surface area contributed by atoms with Crippen molar-refractivity contribution in [2.24, 2.45) is 0 Å². The van der Waals surface area contributed by atoms with Gasteiger partial charge in [-0.2, -0.15) is 8.78 Å². The van der Waals surface area contributed by atoms with Gasteiger partial charge in [-0.05, 0) is 35.9 Å². The zero-order valence-electron chi connectivity index (χ0n) is 14.8. The molecule has 2 heterocycles. The highest BCUT2D eigenvalue weighted by Crippen LogP contribution is 2.20. The van der Waals surface area contributed by atoms with Crippen LogP contribution < -0.4 is 10.1 Å². The smallest absolute Gasteiger partial charge is 0.387 e. The van der Waals surface area contributed by atoms with E-state index in [0.29, 0.717) is 11.3 Å². The number of allylic oxidation sites excluding steroid dienone is 2. The molecule has 5 nitrogen and oxygen atoms in total. The molecular weight excluding hydrogens is 352 g/mol. The van der Waals surface area contributed by atoms with Crippen molar-refractivity contribution < 1.29 is 18.3 Å². The van der Waals surface area contributed by atoms with Crippen LogP contribution in [0.3, 0.4) is 0 Å². The van der Waals surface area contributed by atoms with Crippen LogP contribution in [0.5, 0.6) is 5.75 Å². The number of nitrogens with one attached hydrogen (secondary N) is 1. The quantitative estimate of drug-likeness (QED) is 0.806. The van der Waals surface area contributed by atoms with E-state index >= 15 is 0 Å². The molecule has 0 aromatic heterocycles. The number of carbonyl (C=O) groups excluding carboxylic acids is 1. The molecule has 1 aromatic rings. The van der Waals surface area contributed by atoms with Gasteiger partial charge in [-0.25, -0.2) is 0 Å². The van der Waals surface area contributed by atoms with Gasteiger partial charge in [-0.15, -0.1) is 0 Å². The normalized spacial score (nSPS) is 17.6. The third kappa shape index (κ3) is 5.04. The van der Waals surface area contributed by atoms with E-state index in [9.17, 15) is 13.6 Å². The summed E-state index contributed by atoms with van der Waals surface area (Å²) in [6.07, 6.45) is 8.62. The minimum atomic E-state index is -2.86. The molecule has 0 bridgehead atoms. The minimum absolute atomic E-state index is 0.0756. The first kappa shape index (κ1) is 18.8. The highest BCUT2D eigenvalue weighted by atomic mass is 19.3. The summed E-state index contributed by atoms with van der Waals surface area (Å²) in [5.74, 6) is -0.156. The highest BCUT2D eigenvalue weighted by Gasteiger charge is 2.19. The molecule has 1 aromatic carbocycles. The molecule has 0 spiro atoms. The van der Waals surface area contributed by atoms with Crippen LogP contribution in [0.2, 0.25) is 0 Å². The van der Waals surface area contributed by atoms with Gasteiger partial charge in [0, 0.05) is 44.2 Å². The van der Waals surface area contributed by atoms with Gasteiger partial charge in [-0.3, -0.25) is 9.69 Å². The van der Waals surface area contributed by atoms with Crippen LogP contribution in [0.15, 0.2) is 66.7 Å². The van der Waals surface area contributed by atoms with Crippen LogP contribution in [-0.2, 0) is 4.79 Å². The molecule has 27 heavy (non-hydrogen) atoms. The Kier molecular flexibility index (Phi) is 6.03. The molecule has 1 fully saturated rings. The molecule has 7 heteroatoms. The molecule has 1 amide bonds. The van der Waals surface area contributed by atoms with Gasteiger partial charge in [0.05, 0.1) is 5.70 Å².